The molecule has 4 aromatic rings. The van der Waals surface area contributed by atoms with Gasteiger partial charge in [0, 0.05) is 5.70 Å². The highest BCUT2D eigenvalue weighted by Gasteiger charge is 2.43. The largest absolute Gasteiger partial charge is 0.355 e. The number of nitrogens with zero attached hydrogens (tertiary/aromatic N) is 1. The van der Waals surface area contributed by atoms with E-state index in [-0.39, 0.29) is 17.0 Å². The van der Waals surface area contributed by atoms with Crippen LogP contribution in [0.25, 0.3) is 0 Å². The fourth-order valence-electron chi connectivity index (χ4n) is 3.88. The SMILES string of the molecule is Br.C/C(=C\[P+](c1ccccc1)(c1ccccc1)c1ccccc1)Nc1ccccc1C#N. The van der Waals surface area contributed by atoms with Gasteiger partial charge in [0.1, 0.15) is 29.2 Å². The molecule has 1 N–H and O–H groups in total. The van der Waals surface area contributed by atoms with Gasteiger partial charge in [-0.1, -0.05) is 66.7 Å². The number of allylic oxidation sites excluding steroid dienone is 1. The van der Waals surface area contributed by atoms with E-state index in [0.717, 1.165) is 11.4 Å². The van der Waals surface area contributed by atoms with E-state index >= 15 is 0 Å². The number of halogens is 1. The predicted molar refractivity (Wildman–Crippen MR) is 144 cm³/mol. The second-order valence-corrected chi connectivity index (χ2v) is 10.6. The molecule has 0 aliphatic carbocycles. The summed E-state index contributed by atoms with van der Waals surface area (Å²) < 4.78 is 0. The highest BCUT2D eigenvalue weighted by atomic mass is 79.9. The summed E-state index contributed by atoms with van der Waals surface area (Å²) in [6.45, 7) is 2.08. The van der Waals surface area contributed by atoms with E-state index in [1.54, 1.807) is 0 Å². The number of benzene rings is 4. The van der Waals surface area contributed by atoms with E-state index in [0.29, 0.717) is 5.56 Å². The van der Waals surface area contributed by atoms with Crippen LogP contribution in [0.4, 0.5) is 5.69 Å². The zero-order chi connectivity index (χ0) is 21.5. The van der Waals surface area contributed by atoms with Crippen molar-refractivity contribution in [1.82, 2.24) is 0 Å². The fraction of sp³-hybridized carbons (Fsp3) is 0.0357. The number of hydrogen-bond acceptors (Lipinski definition) is 2. The Bertz CT molecular complexity index is 1120. The number of nitrogens with one attached hydrogen (secondary N) is 1. The Morgan fingerprint density at radius 1 is 0.688 bits per heavy atom. The third-order valence-corrected chi connectivity index (χ3v) is 9.37. The molecule has 32 heavy (non-hydrogen) atoms. The molecule has 0 atom stereocenters. The molecule has 0 heterocycles. The lowest BCUT2D eigenvalue weighted by Crippen LogP contribution is -2.30. The van der Waals surface area contributed by atoms with E-state index < -0.39 is 7.26 Å². The summed E-state index contributed by atoms with van der Waals surface area (Å²) in [4.78, 5) is 0. The Morgan fingerprint density at radius 2 is 1.09 bits per heavy atom. The monoisotopic (exact) mass is 499 g/mol. The van der Waals surface area contributed by atoms with Gasteiger partial charge < -0.3 is 5.32 Å². The fourth-order valence-corrected chi connectivity index (χ4v) is 7.80. The Kier molecular flexibility index (Phi) is 8.01. The van der Waals surface area contributed by atoms with Crippen LogP contribution in [-0.2, 0) is 0 Å². The van der Waals surface area contributed by atoms with Crippen LogP contribution in [0.5, 0.6) is 0 Å². The summed E-state index contributed by atoms with van der Waals surface area (Å²) in [5, 5.41) is 16.9. The first kappa shape index (κ1) is 23.5. The minimum Gasteiger partial charge on any atom is -0.355 e. The third-order valence-electron chi connectivity index (χ3n) is 5.26. The minimum absolute atomic E-state index is 0. The molecule has 0 aliphatic rings. The summed E-state index contributed by atoms with van der Waals surface area (Å²) in [6.07, 6.45) is 0. The van der Waals surface area contributed by atoms with Crippen molar-refractivity contribution in [3.63, 3.8) is 0 Å². The first-order valence-corrected chi connectivity index (χ1v) is 12.1. The van der Waals surface area contributed by atoms with Gasteiger partial charge in [-0.2, -0.15) is 5.26 Å². The molecule has 4 rings (SSSR count). The summed E-state index contributed by atoms with van der Waals surface area (Å²) in [7, 11) is -2.08. The van der Waals surface area contributed by atoms with Crippen LogP contribution in [0, 0.1) is 11.3 Å². The molecular weight excluding hydrogens is 475 g/mol. The zero-order valence-corrected chi connectivity index (χ0v) is 20.5. The van der Waals surface area contributed by atoms with Gasteiger partial charge in [0.15, 0.2) is 0 Å². The van der Waals surface area contributed by atoms with Gasteiger partial charge in [0.25, 0.3) is 0 Å². The molecule has 4 aromatic carbocycles. The molecule has 0 saturated carbocycles. The number of nitriles is 1. The van der Waals surface area contributed by atoms with Crippen LogP contribution in [0.2, 0.25) is 0 Å². The van der Waals surface area contributed by atoms with Crippen molar-refractivity contribution >= 4 is 45.8 Å². The second kappa shape index (κ2) is 10.9. The summed E-state index contributed by atoms with van der Waals surface area (Å²) >= 11 is 0. The maximum atomic E-state index is 9.50. The van der Waals surface area contributed by atoms with E-state index in [9.17, 15) is 5.26 Å². The molecule has 0 spiro atoms. The lowest BCUT2D eigenvalue weighted by Gasteiger charge is -2.25. The molecule has 0 radical (unpaired) electrons. The van der Waals surface area contributed by atoms with Crippen molar-refractivity contribution in [2.24, 2.45) is 0 Å². The molecule has 4 heteroatoms. The highest BCUT2D eigenvalue weighted by molar-refractivity contribution is 8.93. The smallest absolute Gasteiger partial charge is 0.138 e. The molecule has 0 unspecified atom stereocenters. The quantitative estimate of drug-likeness (QED) is 0.311. The lowest BCUT2D eigenvalue weighted by molar-refractivity contribution is 1.37. The number of rotatable bonds is 6. The second-order valence-electron chi connectivity index (χ2n) is 7.32. The average Bonchev–Trinajstić information content (AvgIpc) is 2.84. The highest BCUT2D eigenvalue weighted by Crippen LogP contribution is 2.57. The zero-order valence-electron chi connectivity index (χ0n) is 17.8. The molecule has 0 aromatic heterocycles. The molecular formula is C28H25BrN2P+. The topological polar surface area (TPSA) is 35.8 Å². The summed E-state index contributed by atoms with van der Waals surface area (Å²) in [6, 6.07) is 42.1. The number of anilines is 1. The van der Waals surface area contributed by atoms with E-state index in [1.165, 1.54) is 15.9 Å². The van der Waals surface area contributed by atoms with Gasteiger partial charge in [-0.25, -0.2) is 0 Å². The van der Waals surface area contributed by atoms with Crippen LogP contribution in [0.15, 0.2) is 127 Å². The van der Waals surface area contributed by atoms with Crippen LogP contribution in [-0.4, -0.2) is 0 Å². The maximum absolute atomic E-state index is 9.50. The minimum atomic E-state index is -2.08. The Morgan fingerprint density at radius 3 is 1.53 bits per heavy atom. The number of hydrogen-bond donors (Lipinski definition) is 1. The van der Waals surface area contributed by atoms with Crippen molar-refractivity contribution in [2.75, 3.05) is 5.32 Å². The molecule has 0 bridgehead atoms. The Balaban J connectivity index is 0.00000289. The van der Waals surface area contributed by atoms with E-state index in [2.05, 4.69) is 115 Å². The molecule has 0 fully saturated rings. The van der Waals surface area contributed by atoms with Gasteiger partial charge in [-0.3, -0.25) is 0 Å². The molecule has 2 nitrogen and oxygen atoms in total. The van der Waals surface area contributed by atoms with Crippen molar-refractivity contribution < 1.29 is 0 Å². The van der Waals surface area contributed by atoms with Crippen LogP contribution in [0.1, 0.15) is 12.5 Å². The number of para-hydroxylation sites is 1. The Labute approximate surface area is 201 Å². The molecule has 0 amide bonds. The van der Waals surface area contributed by atoms with Crippen molar-refractivity contribution in [3.8, 4) is 6.07 Å². The van der Waals surface area contributed by atoms with Crippen molar-refractivity contribution in [3.05, 3.63) is 132 Å². The van der Waals surface area contributed by atoms with Gasteiger partial charge in [-0.05, 0) is 55.5 Å². The first-order valence-electron chi connectivity index (χ1n) is 10.3. The standard InChI is InChI=1S/C28H24N2P.BrH/c1-23(30-28-20-12-11-13-24(28)21-29)22-31(25-14-5-2-6-15-25,26-16-7-3-8-17-26)27-18-9-4-10-19-27;/h2-20,22,30H,1H3;1H/q+1;/b23-22+;. The van der Waals surface area contributed by atoms with Gasteiger partial charge in [-0.15, -0.1) is 17.0 Å². The van der Waals surface area contributed by atoms with Crippen LogP contribution >= 0.6 is 24.2 Å². The van der Waals surface area contributed by atoms with Gasteiger partial charge in [0.2, 0.25) is 0 Å². The van der Waals surface area contributed by atoms with Crippen LogP contribution < -0.4 is 21.2 Å². The van der Waals surface area contributed by atoms with Gasteiger partial charge in [0.05, 0.1) is 17.1 Å². The van der Waals surface area contributed by atoms with Gasteiger partial charge >= 0.3 is 0 Å². The van der Waals surface area contributed by atoms with Crippen molar-refractivity contribution in [1.29, 1.82) is 5.26 Å². The molecule has 0 saturated heterocycles. The molecule has 158 valence electrons. The average molecular weight is 500 g/mol. The van der Waals surface area contributed by atoms with E-state index in [1.807, 2.05) is 24.3 Å². The summed E-state index contributed by atoms with van der Waals surface area (Å²) in [5.41, 5.74) is 2.48. The maximum Gasteiger partial charge on any atom is 0.138 e. The van der Waals surface area contributed by atoms with Crippen LogP contribution in [0.3, 0.4) is 0 Å². The predicted octanol–water partition coefficient (Wildman–Crippen LogP) is 6.40. The third kappa shape index (κ3) is 4.83. The lowest BCUT2D eigenvalue weighted by atomic mass is 10.2. The normalized spacial score (nSPS) is 11.2. The Hall–Kier alpha value is -3.18. The van der Waals surface area contributed by atoms with E-state index in [4.69, 9.17) is 0 Å². The summed E-state index contributed by atoms with van der Waals surface area (Å²) in [5.74, 6) is 2.38. The first-order chi connectivity index (χ1) is 15.2. The molecule has 0 aliphatic heterocycles. The van der Waals surface area contributed by atoms with Crippen molar-refractivity contribution in [2.45, 2.75) is 6.92 Å².